The number of nitrogens with zero attached hydrogens (tertiary/aromatic N) is 2. The van der Waals surface area contributed by atoms with Gasteiger partial charge in [0.25, 0.3) is 0 Å². The minimum absolute atomic E-state index is 0.00999. The number of aromatic nitrogens is 1. The lowest BCUT2D eigenvalue weighted by Crippen LogP contribution is -2.22. The van der Waals surface area contributed by atoms with Crippen LogP contribution in [0.2, 0.25) is 0 Å². The number of aryl methyl sites for hydroxylation is 1. The van der Waals surface area contributed by atoms with E-state index in [2.05, 4.69) is 11.9 Å². The quantitative estimate of drug-likeness (QED) is 0.620. The second kappa shape index (κ2) is 8.87. The smallest absolute Gasteiger partial charge is 0.306 e. The molecule has 0 fully saturated rings. The number of carbonyl (C=O) groups is 2. The number of anilines is 2. The Labute approximate surface area is 173 Å². The molecule has 1 aromatic heterocycles. The van der Waals surface area contributed by atoms with Gasteiger partial charge in [-0.05, 0) is 24.1 Å². The summed E-state index contributed by atoms with van der Waals surface area (Å²) in [6.45, 7) is 3.51. The van der Waals surface area contributed by atoms with Crippen molar-refractivity contribution in [3.63, 3.8) is 0 Å². The number of hydrogen-bond acceptors (Lipinski definition) is 7. The Morgan fingerprint density at radius 1 is 1.28 bits per heavy atom. The van der Waals surface area contributed by atoms with Crippen molar-refractivity contribution in [2.24, 2.45) is 5.92 Å². The summed E-state index contributed by atoms with van der Waals surface area (Å²) < 4.78 is 28.0. The first-order valence-corrected chi connectivity index (χ1v) is 11.8. The van der Waals surface area contributed by atoms with Gasteiger partial charge in [-0.15, -0.1) is 11.3 Å². The van der Waals surface area contributed by atoms with Crippen molar-refractivity contribution >= 4 is 43.9 Å². The Balaban J connectivity index is 1.61. The molecule has 0 bridgehead atoms. The van der Waals surface area contributed by atoms with E-state index in [1.165, 1.54) is 34.8 Å². The molecule has 2 heterocycles. The number of hydrogen-bond donors (Lipinski definition) is 0. The third-order valence-corrected chi connectivity index (χ3v) is 6.80. The molecule has 0 spiro atoms. The molecule has 3 rings (SSSR count). The monoisotopic (exact) mass is 434 g/mol. The molecule has 29 heavy (non-hydrogen) atoms. The lowest BCUT2D eigenvalue weighted by molar-refractivity contribution is -0.145. The zero-order valence-electron chi connectivity index (χ0n) is 16.2. The summed E-state index contributed by atoms with van der Waals surface area (Å²) in [5, 5.41) is 3.37. The van der Waals surface area contributed by atoms with Gasteiger partial charge in [0.05, 0.1) is 23.6 Å². The van der Waals surface area contributed by atoms with Crippen molar-refractivity contribution in [2.45, 2.75) is 33.3 Å². The molecule has 0 radical (unpaired) electrons. The Hall–Kier alpha value is -2.52. The van der Waals surface area contributed by atoms with Gasteiger partial charge in [-0.2, -0.15) is 0 Å². The first-order chi connectivity index (χ1) is 13.8. The Bertz CT molecular complexity index is 1030. The SMILES string of the molecule is CCc1ccc(N(C(C)=O)c2nc(COC(=O)CC3C=CS(=O)(=O)C3)cs2)cc1. The van der Waals surface area contributed by atoms with Crippen molar-refractivity contribution in [3.05, 3.63) is 52.4 Å². The lowest BCUT2D eigenvalue weighted by Gasteiger charge is -2.18. The summed E-state index contributed by atoms with van der Waals surface area (Å²) in [5.41, 5.74) is 2.43. The van der Waals surface area contributed by atoms with Gasteiger partial charge in [-0.25, -0.2) is 13.4 Å². The molecule has 1 aromatic carbocycles. The number of thiazole rings is 1. The molecule has 0 saturated heterocycles. The minimum atomic E-state index is -3.19. The molecule has 1 atom stereocenters. The van der Waals surface area contributed by atoms with Crippen LogP contribution in [0.1, 0.15) is 31.5 Å². The van der Waals surface area contributed by atoms with Gasteiger partial charge < -0.3 is 4.74 Å². The van der Waals surface area contributed by atoms with Crippen LogP contribution in [0.25, 0.3) is 0 Å². The van der Waals surface area contributed by atoms with E-state index in [9.17, 15) is 18.0 Å². The van der Waals surface area contributed by atoms with Crippen LogP contribution in [0.5, 0.6) is 0 Å². The molecular weight excluding hydrogens is 412 g/mol. The Morgan fingerprint density at radius 2 is 2.00 bits per heavy atom. The molecule has 0 saturated carbocycles. The fourth-order valence-corrected chi connectivity index (χ4v) is 5.24. The normalized spacial score (nSPS) is 17.2. The van der Waals surface area contributed by atoms with Gasteiger partial charge in [-0.1, -0.05) is 25.1 Å². The predicted octanol–water partition coefficient (Wildman–Crippen LogP) is 3.38. The fourth-order valence-electron chi connectivity index (χ4n) is 2.97. The van der Waals surface area contributed by atoms with Gasteiger partial charge in [0.15, 0.2) is 15.0 Å². The summed E-state index contributed by atoms with van der Waals surface area (Å²) in [6.07, 6.45) is 2.44. The summed E-state index contributed by atoms with van der Waals surface area (Å²) in [7, 11) is -3.19. The van der Waals surface area contributed by atoms with Crippen LogP contribution in [0.15, 0.2) is 41.1 Å². The number of benzene rings is 1. The molecule has 0 aliphatic carbocycles. The number of carbonyl (C=O) groups excluding carboxylic acids is 2. The van der Waals surface area contributed by atoms with Gasteiger partial charge in [-0.3, -0.25) is 14.5 Å². The molecular formula is C20H22N2O5S2. The molecule has 9 heteroatoms. The van der Waals surface area contributed by atoms with E-state index in [0.717, 1.165) is 17.5 Å². The third-order valence-electron chi connectivity index (χ3n) is 4.46. The fraction of sp³-hybridized carbons (Fsp3) is 0.350. The van der Waals surface area contributed by atoms with Crippen LogP contribution in [0.4, 0.5) is 10.8 Å². The van der Waals surface area contributed by atoms with Gasteiger partial charge in [0, 0.05) is 23.6 Å². The third kappa shape index (κ3) is 5.51. The number of sulfone groups is 1. The number of allylic oxidation sites excluding steroid dienone is 1. The highest BCUT2D eigenvalue weighted by Gasteiger charge is 2.24. The van der Waals surface area contributed by atoms with E-state index < -0.39 is 15.8 Å². The van der Waals surface area contributed by atoms with Crippen LogP contribution in [-0.4, -0.2) is 31.0 Å². The predicted molar refractivity (Wildman–Crippen MR) is 112 cm³/mol. The van der Waals surface area contributed by atoms with Gasteiger partial charge in [0.2, 0.25) is 5.91 Å². The maximum Gasteiger partial charge on any atom is 0.306 e. The highest BCUT2D eigenvalue weighted by molar-refractivity contribution is 7.94. The minimum Gasteiger partial charge on any atom is -0.459 e. The molecule has 1 amide bonds. The zero-order chi connectivity index (χ0) is 21.0. The molecule has 0 N–H and O–H groups in total. The van der Waals surface area contributed by atoms with E-state index in [1.807, 2.05) is 24.3 Å². The van der Waals surface area contributed by atoms with Crippen LogP contribution >= 0.6 is 11.3 Å². The van der Waals surface area contributed by atoms with Gasteiger partial charge in [0.1, 0.15) is 6.61 Å². The first-order valence-electron chi connectivity index (χ1n) is 9.18. The standard InChI is InChI=1S/C20H22N2O5S2/c1-3-15-4-6-18(7-5-15)22(14(2)23)20-21-17(12-28-20)11-27-19(24)10-16-8-9-29(25,26)13-16/h4-9,12,16H,3,10-11,13H2,1-2H3. The topological polar surface area (TPSA) is 93.6 Å². The van der Waals surface area contributed by atoms with Crippen LogP contribution in [0, 0.1) is 5.92 Å². The molecule has 1 aliphatic rings. The number of amides is 1. The molecule has 1 unspecified atom stereocenters. The van der Waals surface area contributed by atoms with Crippen molar-refractivity contribution in [1.29, 1.82) is 0 Å². The van der Waals surface area contributed by atoms with Crippen molar-refractivity contribution < 1.29 is 22.7 Å². The highest BCUT2D eigenvalue weighted by Crippen LogP contribution is 2.29. The van der Waals surface area contributed by atoms with E-state index in [0.29, 0.717) is 10.8 Å². The van der Waals surface area contributed by atoms with E-state index in [-0.39, 0.29) is 30.6 Å². The number of ether oxygens (including phenoxy) is 1. The van der Waals surface area contributed by atoms with Gasteiger partial charge >= 0.3 is 5.97 Å². The molecule has 1 aliphatic heterocycles. The highest BCUT2D eigenvalue weighted by atomic mass is 32.2. The first kappa shape index (κ1) is 21.2. The van der Waals surface area contributed by atoms with E-state index >= 15 is 0 Å². The van der Waals surface area contributed by atoms with E-state index in [1.54, 1.807) is 5.38 Å². The molecule has 2 aromatic rings. The number of rotatable bonds is 7. The van der Waals surface area contributed by atoms with E-state index in [4.69, 9.17) is 4.74 Å². The summed E-state index contributed by atoms with van der Waals surface area (Å²) in [6, 6.07) is 7.70. The molecule has 7 nitrogen and oxygen atoms in total. The zero-order valence-corrected chi connectivity index (χ0v) is 17.8. The van der Waals surface area contributed by atoms with Crippen molar-refractivity contribution in [1.82, 2.24) is 4.98 Å². The lowest BCUT2D eigenvalue weighted by atomic mass is 10.1. The Morgan fingerprint density at radius 3 is 2.59 bits per heavy atom. The molecule has 154 valence electrons. The summed E-state index contributed by atoms with van der Waals surface area (Å²) >= 11 is 1.29. The summed E-state index contributed by atoms with van der Waals surface area (Å²) in [5.74, 6) is -1.06. The maximum absolute atomic E-state index is 12.2. The number of esters is 1. The van der Waals surface area contributed by atoms with Crippen molar-refractivity contribution in [2.75, 3.05) is 10.7 Å². The van der Waals surface area contributed by atoms with Crippen molar-refractivity contribution in [3.8, 4) is 0 Å². The largest absolute Gasteiger partial charge is 0.459 e. The van der Waals surface area contributed by atoms with Crippen LogP contribution in [0.3, 0.4) is 0 Å². The maximum atomic E-state index is 12.2. The van der Waals surface area contributed by atoms with Crippen LogP contribution in [-0.2, 0) is 37.2 Å². The average molecular weight is 435 g/mol. The average Bonchev–Trinajstić information content (AvgIpc) is 3.26. The Kier molecular flexibility index (Phi) is 6.49. The second-order valence-electron chi connectivity index (χ2n) is 6.78. The van der Waals surface area contributed by atoms with Crippen LogP contribution < -0.4 is 4.90 Å². The summed E-state index contributed by atoms with van der Waals surface area (Å²) in [4.78, 5) is 30.1. The second-order valence-corrected chi connectivity index (χ2v) is 9.55.